The molecule has 33 heavy (non-hydrogen) atoms. The average molecular weight is 514 g/mol. The van der Waals surface area contributed by atoms with Crippen molar-refractivity contribution in [1.29, 1.82) is 0 Å². The Morgan fingerprint density at radius 1 is 1.09 bits per heavy atom. The first-order valence-corrected chi connectivity index (χ1v) is 10.7. The van der Waals surface area contributed by atoms with Gasteiger partial charge in [-0.25, -0.2) is 4.79 Å². The molecule has 0 atom stereocenters. The van der Waals surface area contributed by atoms with E-state index in [1.165, 1.54) is 13.0 Å². The number of nitrogens with zero attached hydrogens (tertiary/aromatic N) is 2. The molecule has 10 heteroatoms. The first-order valence-electron chi connectivity index (χ1n) is 9.89. The van der Waals surface area contributed by atoms with Gasteiger partial charge in [-0.3, -0.25) is 14.4 Å². The molecule has 0 fully saturated rings. The lowest BCUT2D eigenvalue weighted by atomic mass is 10.1. The van der Waals surface area contributed by atoms with E-state index in [4.69, 9.17) is 9.47 Å². The van der Waals surface area contributed by atoms with Crippen LogP contribution in [0.3, 0.4) is 0 Å². The predicted molar refractivity (Wildman–Crippen MR) is 124 cm³/mol. The molecule has 0 unspecified atom stereocenters. The van der Waals surface area contributed by atoms with Gasteiger partial charge >= 0.3 is 5.97 Å². The van der Waals surface area contributed by atoms with Crippen molar-refractivity contribution in [3.63, 3.8) is 0 Å². The van der Waals surface area contributed by atoms with E-state index in [9.17, 15) is 19.2 Å². The number of halogens is 1. The summed E-state index contributed by atoms with van der Waals surface area (Å²) in [6.45, 7) is 2.64. The van der Waals surface area contributed by atoms with E-state index in [2.05, 4.69) is 26.3 Å². The number of rotatable bonds is 8. The van der Waals surface area contributed by atoms with Gasteiger partial charge in [0.25, 0.3) is 11.5 Å². The lowest BCUT2D eigenvalue weighted by Crippen LogP contribution is -2.27. The number of hydrogen-bond donors (Lipinski definition) is 1. The van der Waals surface area contributed by atoms with Gasteiger partial charge in [-0.05, 0) is 44.2 Å². The second-order valence-corrected chi connectivity index (χ2v) is 7.70. The highest BCUT2D eigenvalue weighted by atomic mass is 79.9. The van der Waals surface area contributed by atoms with Crippen LogP contribution in [-0.4, -0.2) is 40.7 Å². The highest BCUT2D eigenvalue weighted by molar-refractivity contribution is 9.10. The van der Waals surface area contributed by atoms with E-state index < -0.39 is 24.0 Å². The predicted octanol–water partition coefficient (Wildman–Crippen LogP) is 3.39. The second-order valence-electron chi connectivity index (χ2n) is 6.78. The van der Waals surface area contributed by atoms with Gasteiger partial charge in [-0.2, -0.15) is 9.78 Å². The van der Waals surface area contributed by atoms with Gasteiger partial charge < -0.3 is 14.8 Å². The maximum absolute atomic E-state index is 12.6. The quantitative estimate of drug-likeness (QED) is 0.362. The number of aromatic nitrogens is 2. The summed E-state index contributed by atoms with van der Waals surface area (Å²) < 4.78 is 12.2. The van der Waals surface area contributed by atoms with Crippen LogP contribution < -0.4 is 15.6 Å². The van der Waals surface area contributed by atoms with Gasteiger partial charge in [-0.15, -0.1) is 0 Å². The zero-order valence-corrected chi connectivity index (χ0v) is 19.4. The molecule has 0 spiro atoms. The molecule has 0 radical (unpaired) electrons. The molecule has 170 valence electrons. The number of anilines is 1. The van der Waals surface area contributed by atoms with Gasteiger partial charge in [0.1, 0.15) is 0 Å². The van der Waals surface area contributed by atoms with Crippen LogP contribution >= 0.6 is 15.9 Å². The zero-order chi connectivity index (χ0) is 24.0. The van der Waals surface area contributed by atoms with Crippen LogP contribution in [0.25, 0.3) is 5.69 Å². The van der Waals surface area contributed by atoms with E-state index >= 15 is 0 Å². The number of carbonyl (C=O) groups excluding carboxylic acids is 3. The Bertz CT molecular complexity index is 1270. The highest BCUT2D eigenvalue weighted by Gasteiger charge is 2.21. The van der Waals surface area contributed by atoms with Crippen LogP contribution in [0, 0.1) is 0 Å². The number of amides is 1. The van der Waals surface area contributed by atoms with Crippen molar-refractivity contribution in [2.75, 3.05) is 18.5 Å². The average Bonchev–Trinajstić information content (AvgIpc) is 2.78. The third kappa shape index (κ3) is 6.13. The monoisotopic (exact) mass is 513 g/mol. The largest absolute Gasteiger partial charge is 0.481 e. The van der Waals surface area contributed by atoms with Crippen LogP contribution in [0.2, 0.25) is 0 Å². The van der Waals surface area contributed by atoms with E-state index in [1.54, 1.807) is 49.4 Å². The molecule has 1 amide bonds. The fourth-order valence-electron chi connectivity index (χ4n) is 2.84. The Hall–Kier alpha value is -3.79. The topological polar surface area (TPSA) is 117 Å². The van der Waals surface area contributed by atoms with Crippen molar-refractivity contribution in [3.8, 4) is 11.4 Å². The molecular weight excluding hydrogens is 494 g/mol. The van der Waals surface area contributed by atoms with Gasteiger partial charge in [-0.1, -0.05) is 34.1 Å². The van der Waals surface area contributed by atoms with E-state index in [0.717, 1.165) is 15.2 Å². The molecule has 9 nitrogen and oxygen atoms in total. The van der Waals surface area contributed by atoms with Crippen LogP contribution in [0.15, 0.2) is 63.9 Å². The second kappa shape index (κ2) is 10.7. The molecular formula is C23H20BrN3O6. The third-order valence-electron chi connectivity index (χ3n) is 4.33. The number of ketones is 1. The standard InChI is InChI=1S/C23H20BrN3O6/c1-3-32-23(31)22-19(12-21(30)27(26-22)18-9-5-7-16(24)11-18)33-13-20(29)25-17-8-4-6-15(10-17)14(2)28/h4-12H,3,13H2,1-2H3,(H,25,29). The third-order valence-corrected chi connectivity index (χ3v) is 4.82. The van der Waals surface area contributed by atoms with Crippen molar-refractivity contribution in [2.45, 2.75) is 13.8 Å². The van der Waals surface area contributed by atoms with Crippen LogP contribution in [-0.2, 0) is 9.53 Å². The Kier molecular flexibility index (Phi) is 7.73. The SMILES string of the molecule is CCOC(=O)c1nn(-c2cccc(Br)c2)c(=O)cc1OCC(=O)Nc1cccc(C(C)=O)c1. The lowest BCUT2D eigenvalue weighted by molar-refractivity contribution is -0.118. The zero-order valence-electron chi connectivity index (χ0n) is 17.8. The number of ether oxygens (including phenoxy) is 2. The molecule has 3 rings (SSSR count). The van der Waals surface area contributed by atoms with Gasteiger partial charge in [0.05, 0.1) is 18.4 Å². The Balaban J connectivity index is 1.84. The maximum atomic E-state index is 12.6. The fourth-order valence-corrected chi connectivity index (χ4v) is 3.23. The van der Waals surface area contributed by atoms with E-state index in [0.29, 0.717) is 16.9 Å². The van der Waals surface area contributed by atoms with Gasteiger partial charge in [0.2, 0.25) is 5.69 Å². The Labute approximate surface area is 197 Å². The molecule has 0 saturated heterocycles. The Morgan fingerprint density at radius 2 is 1.85 bits per heavy atom. The number of nitrogens with one attached hydrogen (secondary N) is 1. The minimum absolute atomic E-state index is 0.0863. The van der Waals surface area contributed by atoms with Crippen molar-refractivity contribution in [3.05, 3.63) is 80.7 Å². The molecule has 0 saturated carbocycles. The highest BCUT2D eigenvalue weighted by Crippen LogP contribution is 2.18. The van der Waals surface area contributed by atoms with Crippen molar-refractivity contribution in [1.82, 2.24) is 9.78 Å². The number of Topliss-reactive ketones (excluding diaryl/α,β-unsaturated/α-hetero) is 1. The molecule has 1 heterocycles. The number of esters is 1. The summed E-state index contributed by atoms with van der Waals surface area (Å²) in [4.78, 5) is 48.9. The van der Waals surface area contributed by atoms with Crippen molar-refractivity contribution < 1.29 is 23.9 Å². The van der Waals surface area contributed by atoms with Crippen molar-refractivity contribution in [2.24, 2.45) is 0 Å². The molecule has 0 aliphatic heterocycles. The lowest BCUT2D eigenvalue weighted by Gasteiger charge is -2.13. The summed E-state index contributed by atoms with van der Waals surface area (Å²) >= 11 is 3.33. The summed E-state index contributed by atoms with van der Waals surface area (Å²) in [6, 6.07) is 14.3. The minimum Gasteiger partial charge on any atom is -0.481 e. The number of benzene rings is 2. The van der Waals surface area contributed by atoms with Crippen LogP contribution in [0.5, 0.6) is 5.75 Å². The molecule has 1 N–H and O–H groups in total. The first kappa shape index (κ1) is 23.9. The normalized spacial score (nSPS) is 10.4. The molecule has 0 aliphatic carbocycles. The van der Waals surface area contributed by atoms with Crippen LogP contribution in [0.4, 0.5) is 5.69 Å². The molecule has 1 aromatic heterocycles. The summed E-state index contributed by atoms with van der Waals surface area (Å²) in [7, 11) is 0. The summed E-state index contributed by atoms with van der Waals surface area (Å²) in [5, 5.41) is 6.71. The Morgan fingerprint density at radius 3 is 2.55 bits per heavy atom. The minimum atomic E-state index is -0.800. The summed E-state index contributed by atoms with van der Waals surface area (Å²) in [5.74, 6) is -1.68. The molecule has 0 bridgehead atoms. The fraction of sp³-hybridized carbons (Fsp3) is 0.174. The molecule has 2 aromatic carbocycles. The number of hydrogen-bond acceptors (Lipinski definition) is 7. The van der Waals surface area contributed by atoms with Gasteiger partial charge in [0.15, 0.2) is 18.1 Å². The molecule has 3 aromatic rings. The summed E-state index contributed by atoms with van der Waals surface area (Å²) in [5.41, 5.74) is 0.465. The maximum Gasteiger partial charge on any atom is 0.362 e. The number of carbonyl (C=O) groups is 3. The van der Waals surface area contributed by atoms with E-state index in [-0.39, 0.29) is 23.8 Å². The van der Waals surface area contributed by atoms with E-state index in [1.807, 2.05) is 0 Å². The molecule has 0 aliphatic rings. The van der Waals surface area contributed by atoms with Crippen molar-refractivity contribution >= 4 is 39.3 Å². The summed E-state index contributed by atoms with van der Waals surface area (Å²) in [6.07, 6.45) is 0. The van der Waals surface area contributed by atoms with Gasteiger partial charge in [0, 0.05) is 15.7 Å². The smallest absolute Gasteiger partial charge is 0.362 e. The van der Waals surface area contributed by atoms with Crippen LogP contribution in [0.1, 0.15) is 34.7 Å². The first-order chi connectivity index (χ1) is 15.8.